The fraction of sp³-hybridized carbons (Fsp3) is 0.250. The van der Waals surface area contributed by atoms with Gasteiger partial charge in [0.25, 0.3) is 5.91 Å². The SMILES string of the molecule is Cc1cc(C(=O)O[C@@H](C)C(=O)NCC(=O)Nc2c(C)cccc2C)c2ccccc2n1. The molecule has 7 heteroatoms. The molecule has 2 N–H and O–H groups in total. The lowest BCUT2D eigenvalue weighted by molar-refractivity contribution is -0.130. The average molecular weight is 419 g/mol. The van der Waals surface area contributed by atoms with Gasteiger partial charge in [-0.1, -0.05) is 36.4 Å². The summed E-state index contributed by atoms with van der Waals surface area (Å²) in [6, 6.07) is 14.6. The molecule has 3 aromatic rings. The molecule has 1 heterocycles. The maximum atomic E-state index is 12.7. The summed E-state index contributed by atoms with van der Waals surface area (Å²) in [5, 5.41) is 5.96. The van der Waals surface area contributed by atoms with Gasteiger partial charge < -0.3 is 15.4 Å². The Balaban J connectivity index is 1.60. The highest BCUT2D eigenvalue weighted by Gasteiger charge is 2.21. The van der Waals surface area contributed by atoms with E-state index in [-0.39, 0.29) is 12.5 Å². The molecule has 0 aliphatic rings. The number of aromatic nitrogens is 1. The highest BCUT2D eigenvalue weighted by Crippen LogP contribution is 2.20. The van der Waals surface area contributed by atoms with Crippen molar-refractivity contribution >= 4 is 34.4 Å². The highest BCUT2D eigenvalue weighted by atomic mass is 16.5. The van der Waals surface area contributed by atoms with Gasteiger partial charge in [0.1, 0.15) is 0 Å². The Kier molecular flexibility index (Phi) is 6.65. The monoisotopic (exact) mass is 419 g/mol. The maximum Gasteiger partial charge on any atom is 0.339 e. The molecule has 0 fully saturated rings. The molecule has 2 aromatic carbocycles. The zero-order chi connectivity index (χ0) is 22.5. The fourth-order valence-electron chi connectivity index (χ4n) is 3.26. The quantitative estimate of drug-likeness (QED) is 0.597. The molecule has 0 unspecified atom stereocenters. The molecule has 160 valence electrons. The lowest BCUT2D eigenvalue weighted by atomic mass is 10.1. The third-order valence-corrected chi connectivity index (χ3v) is 4.89. The fourth-order valence-corrected chi connectivity index (χ4v) is 3.26. The number of carbonyl (C=O) groups excluding carboxylic acids is 3. The van der Waals surface area contributed by atoms with Crippen LogP contribution in [0.4, 0.5) is 5.69 Å². The van der Waals surface area contributed by atoms with E-state index >= 15 is 0 Å². The number of benzene rings is 2. The van der Waals surface area contributed by atoms with Gasteiger partial charge in [-0.2, -0.15) is 0 Å². The van der Waals surface area contributed by atoms with E-state index in [1.807, 2.05) is 44.2 Å². The van der Waals surface area contributed by atoms with Crippen LogP contribution in [0.3, 0.4) is 0 Å². The summed E-state index contributed by atoms with van der Waals surface area (Å²) < 4.78 is 5.34. The second-order valence-electron chi connectivity index (χ2n) is 7.41. The normalized spacial score (nSPS) is 11.6. The maximum absolute atomic E-state index is 12.7. The minimum Gasteiger partial charge on any atom is -0.449 e. The Bertz CT molecular complexity index is 1140. The summed E-state index contributed by atoms with van der Waals surface area (Å²) in [5.74, 6) is -1.54. The van der Waals surface area contributed by atoms with Gasteiger partial charge in [0.15, 0.2) is 6.10 Å². The van der Waals surface area contributed by atoms with Crippen molar-refractivity contribution in [2.24, 2.45) is 0 Å². The first kappa shape index (κ1) is 22.0. The molecule has 0 spiro atoms. The Morgan fingerprint density at radius 2 is 1.68 bits per heavy atom. The van der Waals surface area contributed by atoms with Crippen molar-refractivity contribution in [2.45, 2.75) is 33.8 Å². The van der Waals surface area contributed by atoms with E-state index in [0.29, 0.717) is 22.2 Å². The summed E-state index contributed by atoms with van der Waals surface area (Å²) in [5.41, 5.74) is 4.28. The van der Waals surface area contributed by atoms with Gasteiger partial charge in [-0.15, -0.1) is 0 Å². The average Bonchev–Trinajstić information content (AvgIpc) is 2.73. The molecule has 0 saturated heterocycles. The van der Waals surface area contributed by atoms with E-state index < -0.39 is 18.0 Å². The smallest absolute Gasteiger partial charge is 0.339 e. The number of amides is 2. The van der Waals surface area contributed by atoms with Crippen molar-refractivity contribution < 1.29 is 19.1 Å². The molecule has 0 aliphatic heterocycles. The number of para-hydroxylation sites is 2. The predicted molar refractivity (Wildman–Crippen MR) is 119 cm³/mol. The number of nitrogens with zero attached hydrogens (tertiary/aromatic N) is 1. The van der Waals surface area contributed by atoms with E-state index in [4.69, 9.17) is 4.74 Å². The first-order valence-electron chi connectivity index (χ1n) is 9.97. The predicted octanol–water partition coefficient (Wildman–Crippen LogP) is 3.46. The number of rotatable bonds is 6. The molecule has 7 nitrogen and oxygen atoms in total. The molecule has 0 aliphatic carbocycles. The molecule has 1 atom stereocenters. The summed E-state index contributed by atoms with van der Waals surface area (Å²) >= 11 is 0. The molecule has 2 amide bonds. The van der Waals surface area contributed by atoms with Gasteiger partial charge in [-0.05, 0) is 51.0 Å². The third kappa shape index (κ3) is 5.25. The van der Waals surface area contributed by atoms with Crippen molar-refractivity contribution in [3.8, 4) is 0 Å². The molecule has 31 heavy (non-hydrogen) atoms. The molecular formula is C24H25N3O4. The standard InChI is InChI=1S/C24H25N3O4/c1-14-8-7-9-15(2)22(14)27-21(28)13-25-23(29)17(4)31-24(30)19-12-16(3)26-20-11-6-5-10-18(19)20/h5-12,17H,13H2,1-4H3,(H,25,29)(H,27,28)/t17-/m0/s1. The van der Waals surface area contributed by atoms with Crippen molar-refractivity contribution in [2.75, 3.05) is 11.9 Å². The van der Waals surface area contributed by atoms with Crippen LogP contribution in [-0.2, 0) is 14.3 Å². The Hall–Kier alpha value is -3.74. The number of pyridine rings is 1. The van der Waals surface area contributed by atoms with Crippen LogP contribution in [-0.4, -0.2) is 35.4 Å². The topological polar surface area (TPSA) is 97.4 Å². The van der Waals surface area contributed by atoms with Gasteiger partial charge in [0.05, 0.1) is 17.6 Å². The largest absolute Gasteiger partial charge is 0.449 e. The number of hydrogen-bond donors (Lipinski definition) is 2. The van der Waals surface area contributed by atoms with Crippen molar-refractivity contribution in [3.63, 3.8) is 0 Å². The van der Waals surface area contributed by atoms with Gasteiger partial charge in [-0.25, -0.2) is 4.79 Å². The van der Waals surface area contributed by atoms with Gasteiger partial charge in [0, 0.05) is 16.8 Å². The number of anilines is 1. The van der Waals surface area contributed by atoms with Crippen LogP contribution in [0.2, 0.25) is 0 Å². The number of ether oxygens (including phenoxy) is 1. The van der Waals surface area contributed by atoms with Crippen LogP contribution in [0, 0.1) is 20.8 Å². The summed E-state index contributed by atoms with van der Waals surface area (Å²) in [4.78, 5) is 41.6. The lowest BCUT2D eigenvalue weighted by Gasteiger charge is -2.15. The number of esters is 1. The third-order valence-electron chi connectivity index (χ3n) is 4.89. The highest BCUT2D eigenvalue weighted by molar-refractivity contribution is 6.04. The van der Waals surface area contributed by atoms with Gasteiger partial charge in [-0.3, -0.25) is 14.6 Å². The van der Waals surface area contributed by atoms with Gasteiger partial charge >= 0.3 is 5.97 Å². The van der Waals surface area contributed by atoms with Crippen LogP contribution in [0.5, 0.6) is 0 Å². The van der Waals surface area contributed by atoms with Crippen molar-refractivity contribution in [3.05, 3.63) is 70.9 Å². The van der Waals surface area contributed by atoms with E-state index in [9.17, 15) is 14.4 Å². The summed E-state index contributed by atoms with van der Waals surface area (Å²) in [6.07, 6.45) is -1.06. The van der Waals surface area contributed by atoms with Crippen molar-refractivity contribution in [1.29, 1.82) is 0 Å². The Labute approximate surface area is 180 Å². The molecule has 0 saturated carbocycles. The minimum atomic E-state index is -1.06. The number of carbonyl (C=O) groups is 3. The second-order valence-corrected chi connectivity index (χ2v) is 7.41. The summed E-state index contributed by atoms with van der Waals surface area (Å²) in [7, 11) is 0. The zero-order valence-electron chi connectivity index (χ0n) is 18.0. The Morgan fingerprint density at radius 3 is 2.39 bits per heavy atom. The number of hydrogen-bond acceptors (Lipinski definition) is 5. The number of nitrogens with one attached hydrogen (secondary N) is 2. The molecular weight excluding hydrogens is 394 g/mol. The van der Waals surface area contributed by atoms with Crippen LogP contribution in [0.1, 0.15) is 34.1 Å². The van der Waals surface area contributed by atoms with Crippen molar-refractivity contribution in [1.82, 2.24) is 10.3 Å². The van der Waals surface area contributed by atoms with E-state index in [1.165, 1.54) is 6.92 Å². The van der Waals surface area contributed by atoms with Crippen LogP contribution in [0.25, 0.3) is 10.9 Å². The number of fused-ring (bicyclic) bond motifs is 1. The minimum absolute atomic E-state index is 0.230. The lowest BCUT2D eigenvalue weighted by Crippen LogP contribution is -2.40. The summed E-state index contributed by atoms with van der Waals surface area (Å²) in [6.45, 7) is 6.81. The molecule has 3 rings (SSSR count). The Morgan fingerprint density at radius 1 is 1.00 bits per heavy atom. The molecule has 0 bridgehead atoms. The molecule has 1 aromatic heterocycles. The second kappa shape index (κ2) is 9.38. The zero-order valence-corrected chi connectivity index (χ0v) is 18.0. The van der Waals surface area contributed by atoms with Crippen LogP contribution >= 0.6 is 0 Å². The first-order chi connectivity index (χ1) is 14.8. The van der Waals surface area contributed by atoms with Crippen LogP contribution in [0.15, 0.2) is 48.5 Å². The van der Waals surface area contributed by atoms with E-state index in [0.717, 1.165) is 16.8 Å². The van der Waals surface area contributed by atoms with Crippen LogP contribution < -0.4 is 10.6 Å². The van der Waals surface area contributed by atoms with Gasteiger partial charge in [0.2, 0.25) is 5.91 Å². The molecule has 0 radical (unpaired) electrons. The van der Waals surface area contributed by atoms with E-state index in [2.05, 4.69) is 15.6 Å². The number of aryl methyl sites for hydroxylation is 3. The van der Waals surface area contributed by atoms with E-state index in [1.54, 1.807) is 25.1 Å². The first-order valence-corrected chi connectivity index (χ1v) is 9.97.